The van der Waals surface area contributed by atoms with Crippen LogP contribution in [0.25, 0.3) is 0 Å². The second kappa shape index (κ2) is 11.9. The zero-order chi connectivity index (χ0) is 28.1. The summed E-state index contributed by atoms with van der Waals surface area (Å²) in [5.74, 6) is -0.239. The number of hydrogen-bond donors (Lipinski definition) is 3. The molecule has 0 aliphatic heterocycles. The molecule has 0 bridgehead atoms. The molecule has 0 radical (unpaired) electrons. The summed E-state index contributed by atoms with van der Waals surface area (Å²) >= 11 is 0. The van der Waals surface area contributed by atoms with Gasteiger partial charge in [-0.15, -0.1) is 0 Å². The highest BCUT2D eigenvalue weighted by atomic mass is 16.6. The Morgan fingerprint density at radius 1 is 1.03 bits per heavy atom. The van der Waals surface area contributed by atoms with Crippen LogP contribution in [0, 0.1) is 0 Å². The highest BCUT2D eigenvalue weighted by Crippen LogP contribution is 2.29. The van der Waals surface area contributed by atoms with Gasteiger partial charge in [-0.05, 0) is 84.4 Å². The number of hydrogen-bond acceptors (Lipinski definition) is 5. The van der Waals surface area contributed by atoms with Gasteiger partial charge >= 0.3 is 13.6 Å². The molecule has 0 aromatic heterocycles. The predicted octanol–water partition coefficient (Wildman–Crippen LogP) is 3.86. The van der Waals surface area contributed by atoms with Crippen LogP contribution in [-0.2, 0) is 27.0 Å². The summed E-state index contributed by atoms with van der Waals surface area (Å²) in [5.41, 5.74) is 1.87. The smallest absolute Gasteiger partial charge is 0.408 e. The maximum atomic E-state index is 13.5. The summed E-state index contributed by atoms with van der Waals surface area (Å²) in [6.45, 7) is 12.5. The van der Waals surface area contributed by atoms with Gasteiger partial charge in [-0.2, -0.15) is 0 Å². The number of carbonyl (C=O) groups excluding carboxylic acids is 2. The van der Waals surface area contributed by atoms with Crippen LogP contribution >= 0.6 is 0 Å². The van der Waals surface area contributed by atoms with Crippen molar-refractivity contribution in [1.82, 2.24) is 10.6 Å². The molecule has 2 aromatic carbocycles. The molecule has 1 aliphatic carbocycles. The zero-order valence-electron chi connectivity index (χ0n) is 23.9. The Balaban J connectivity index is 1.72. The SMILES string of the molecule is CC(C)(C)OC(=O)N[C@@H](Cc1ccc(BOC(C)(C)C(C)(C)O)cc1)C(=O)NC1CCCc2ccccc21. The molecule has 0 saturated heterocycles. The first-order chi connectivity index (χ1) is 17.6. The minimum atomic E-state index is -0.986. The molecule has 0 heterocycles. The van der Waals surface area contributed by atoms with Gasteiger partial charge in [-0.1, -0.05) is 54.0 Å². The van der Waals surface area contributed by atoms with Gasteiger partial charge in [0.25, 0.3) is 0 Å². The zero-order valence-corrected chi connectivity index (χ0v) is 23.9. The highest BCUT2D eigenvalue weighted by molar-refractivity contribution is 6.47. The second-order valence-electron chi connectivity index (χ2n) is 12.2. The molecule has 3 rings (SSSR count). The normalized spacial score (nSPS) is 16.7. The van der Waals surface area contributed by atoms with Crippen molar-refractivity contribution in [3.05, 3.63) is 65.2 Å². The Bertz CT molecular complexity index is 1100. The third kappa shape index (κ3) is 8.33. The van der Waals surface area contributed by atoms with Crippen molar-refractivity contribution in [3.63, 3.8) is 0 Å². The topological polar surface area (TPSA) is 96.9 Å². The van der Waals surface area contributed by atoms with Gasteiger partial charge in [-0.3, -0.25) is 4.79 Å². The Hall–Kier alpha value is -2.84. The van der Waals surface area contributed by atoms with E-state index in [9.17, 15) is 14.7 Å². The maximum absolute atomic E-state index is 13.5. The molecule has 8 heteroatoms. The summed E-state index contributed by atoms with van der Waals surface area (Å²) in [6, 6.07) is 15.1. The van der Waals surface area contributed by atoms with Gasteiger partial charge in [0.1, 0.15) is 11.6 Å². The summed E-state index contributed by atoms with van der Waals surface area (Å²) in [7, 11) is 0.346. The fourth-order valence-electron chi connectivity index (χ4n) is 4.28. The number of aliphatic hydroxyl groups is 1. The first kappa shape index (κ1) is 29.7. The minimum Gasteiger partial charge on any atom is -0.444 e. The number of fused-ring (bicyclic) bond motifs is 1. The fourth-order valence-corrected chi connectivity index (χ4v) is 4.28. The van der Waals surface area contributed by atoms with Crippen molar-refractivity contribution in [2.45, 2.75) is 103 Å². The third-order valence-electron chi connectivity index (χ3n) is 7.23. The summed E-state index contributed by atoms with van der Waals surface area (Å²) in [4.78, 5) is 26.1. The van der Waals surface area contributed by atoms with Crippen LogP contribution in [0.2, 0.25) is 0 Å². The maximum Gasteiger partial charge on any atom is 0.408 e. The average Bonchev–Trinajstić information content (AvgIpc) is 2.81. The number of aryl methyl sites for hydroxylation is 1. The van der Waals surface area contributed by atoms with E-state index in [4.69, 9.17) is 9.39 Å². The molecule has 1 unspecified atom stereocenters. The molecule has 3 N–H and O–H groups in total. The molecule has 0 saturated carbocycles. The molecule has 206 valence electrons. The molecule has 1 aliphatic rings. The Morgan fingerprint density at radius 2 is 1.68 bits per heavy atom. The van der Waals surface area contributed by atoms with E-state index in [1.165, 1.54) is 5.56 Å². The highest BCUT2D eigenvalue weighted by Gasteiger charge is 2.35. The number of alkyl carbamates (subject to hydrolysis) is 1. The van der Waals surface area contributed by atoms with E-state index in [1.807, 2.05) is 50.2 Å². The van der Waals surface area contributed by atoms with Gasteiger partial charge in [0.15, 0.2) is 0 Å². The first-order valence-electron chi connectivity index (χ1n) is 13.5. The number of benzene rings is 2. The van der Waals surface area contributed by atoms with Gasteiger partial charge < -0.3 is 25.1 Å². The third-order valence-corrected chi connectivity index (χ3v) is 7.23. The summed E-state index contributed by atoms with van der Waals surface area (Å²) < 4.78 is 11.4. The van der Waals surface area contributed by atoms with E-state index in [1.54, 1.807) is 34.6 Å². The Labute approximate surface area is 228 Å². The monoisotopic (exact) mass is 522 g/mol. The van der Waals surface area contributed by atoms with E-state index in [2.05, 4.69) is 22.8 Å². The van der Waals surface area contributed by atoms with Crippen LogP contribution in [-0.4, -0.2) is 47.4 Å². The Morgan fingerprint density at radius 3 is 2.32 bits per heavy atom. The number of nitrogens with one attached hydrogen (secondary N) is 2. The van der Waals surface area contributed by atoms with Crippen LogP contribution in [0.3, 0.4) is 0 Å². The van der Waals surface area contributed by atoms with E-state index in [0.29, 0.717) is 13.9 Å². The summed E-state index contributed by atoms with van der Waals surface area (Å²) in [6.07, 6.45) is 2.55. The lowest BCUT2D eigenvalue weighted by Crippen LogP contribution is -2.50. The van der Waals surface area contributed by atoms with Crippen molar-refractivity contribution < 1.29 is 24.1 Å². The van der Waals surface area contributed by atoms with Gasteiger partial charge in [-0.25, -0.2) is 4.79 Å². The first-order valence-corrected chi connectivity index (χ1v) is 13.5. The van der Waals surface area contributed by atoms with E-state index in [-0.39, 0.29) is 11.9 Å². The molecular weight excluding hydrogens is 479 g/mol. The number of rotatable bonds is 9. The van der Waals surface area contributed by atoms with Gasteiger partial charge in [0.2, 0.25) is 5.91 Å². The predicted molar refractivity (Wildman–Crippen MR) is 152 cm³/mol. The molecule has 0 fully saturated rings. The molecule has 2 amide bonds. The van der Waals surface area contributed by atoms with Gasteiger partial charge in [0.05, 0.1) is 17.2 Å². The fraction of sp³-hybridized carbons (Fsp3) is 0.533. The average molecular weight is 522 g/mol. The van der Waals surface area contributed by atoms with E-state index in [0.717, 1.165) is 35.9 Å². The summed E-state index contributed by atoms with van der Waals surface area (Å²) in [5, 5.41) is 16.3. The van der Waals surface area contributed by atoms with Crippen molar-refractivity contribution in [2.75, 3.05) is 0 Å². The molecular formula is C30H43BN2O5. The van der Waals surface area contributed by atoms with Crippen LogP contribution < -0.4 is 16.1 Å². The molecule has 0 spiro atoms. The van der Waals surface area contributed by atoms with Crippen LogP contribution in [0.5, 0.6) is 0 Å². The van der Waals surface area contributed by atoms with E-state index < -0.39 is 28.9 Å². The van der Waals surface area contributed by atoms with Crippen LogP contribution in [0.1, 0.15) is 84.0 Å². The minimum absolute atomic E-state index is 0.0889. The molecule has 7 nitrogen and oxygen atoms in total. The number of carbonyl (C=O) groups is 2. The standard InChI is InChI=1S/C30H43BN2O5/c1-28(2,3)37-27(35)33-25(26(34)32-24-14-10-12-21-11-8-9-13-23(21)24)19-20-15-17-22(18-16-20)31-38-30(6,7)29(4,5)36/h8-9,11,13,15-18,24-25,31,36H,10,12,14,19H2,1-7H3,(H,32,34)(H,33,35)/t24?,25-/m0/s1. The lowest BCUT2D eigenvalue weighted by atomic mass is 9.82. The number of ether oxygens (including phenoxy) is 1. The lowest BCUT2D eigenvalue weighted by molar-refractivity contribution is -0.124. The second-order valence-corrected chi connectivity index (χ2v) is 12.2. The van der Waals surface area contributed by atoms with Crippen molar-refractivity contribution in [2.24, 2.45) is 0 Å². The van der Waals surface area contributed by atoms with Gasteiger partial charge in [0, 0.05) is 6.42 Å². The van der Waals surface area contributed by atoms with Crippen LogP contribution in [0.4, 0.5) is 4.79 Å². The number of amides is 2. The van der Waals surface area contributed by atoms with Crippen molar-refractivity contribution >= 4 is 24.9 Å². The van der Waals surface area contributed by atoms with Crippen LogP contribution in [0.15, 0.2) is 48.5 Å². The molecule has 38 heavy (non-hydrogen) atoms. The lowest BCUT2D eigenvalue weighted by Gasteiger charge is -2.37. The van der Waals surface area contributed by atoms with E-state index >= 15 is 0 Å². The Kier molecular flexibility index (Phi) is 9.32. The molecule has 2 atom stereocenters. The van der Waals surface area contributed by atoms with Crippen molar-refractivity contribution in [3.8, 4) is 0 Å². The largest absolute Gasteiger partial charge is 0.444 e. The quantitative estimate of drug-likeness (QED) is 0.435. The molecule has 2 aromatic rings. The van der Waals surface area contributed by atoms with Crippen molar-refractivity contribution in [1.29, 1.82) is 0 Å².